The molecular formula is C23H30N2O4S. The highest BCUT2D eigenvalue weighted by Gasteiger charge is 2.26. The van der Waals surface area contributed by atoms with Crippen LogP contribution in [0.2, 0.25) is 0 Å². The molecule has 0 radical (unpaired) electrons. The minimum Gasteiger partial charge on any atom is -0.481 e. The Kier molecular flexibility index (Phi) is 7.15. The molecule has 1 atom stereocenters. The summed E-state index contributed by atoms with van der Waals surface area (Å²) in [4.78, 5) is 12.9. The largest absolute Gasteiger partial charge is 0.481 e. The third-order valence-corrected chi connectivity index (χ3v) is 7.41. The van der Waals surface area contributed by atoms with E-state index in [-0.39, 0.29) is 10.8 Å². The van der Waals surface area contributed by atoms with E-state index in [1.165, 1.54) is 9.87 Å². The molecule has 1 amide bonds. The average Bonchev–Trinajstić information content (AvgIpc) is 2.75. The van der Waals surface area contributed by atoms with Gasteiger partial charge in [-0.05, 0) is 80.6 Å². The standard InChI is InChI=1S/C23H30N2O4S/c1-4-22(29-20-11-8-17(2)18(3)16-20)23(26)24-19-9-12-21(13-10-19)30(27,28)25-14-6-5-7-15-25/h8-13,16,22H,4-7,14-15H2,1-3H3,(H,24,26)/t22-/m0/s1. The molecule has 3 rings (SSSR count). The molecule has 7 heteroatoms. The molecule has 1 heterocycles. The zero-order valence-corrected chi connectivity index (χ0v) is 18.7. The minimum absolute atomic E-state index is 0.251. The van der Waals surface area contributed by atoms with Crippen LogP contribution in [0, 0.1) is 13.8 Å². The van der Waals surface area contributed by atoms with Crippen LogP contribution in [-0.4, -0.2) is 37.8 Å². The number of nitrogens with one attached hydrogen (secondary N) is 1. The number of anilines is 1. The number of carbonyl (C=O) groups excluding carboxylic acids is 1. The van der Waals surface area contributed by atoms with Crippen molar-refractivity contribution in [2.24, 2.45) is 0 Å². The first kappa shape index (κ1) is 22.3. The van der Waals surface area contributed by atoms with Gasteiger partial charge in [0, 0.05) is 18.8 Å². The van der Waals surface area contributed by atoms with Crippen LogP contribution in [0.3, 0.4) is 0 Å². The van der Waals surface area contributed by atoms with E-state index in [1.54, 1.807) is 24.3 Å². The molecule has 6 nitrogen and oxygen atoms in total. The van der Waals surface area contributed by atoms with Crippen LogP contribution in [0.5, 0.6) is 5.75 Å². The Morgan fingerprint density at radius 3 is 2.30 bits per heavy atom. The average molecular weight is 431 g/mol. The highest BCUT2D eigenvalue weighted by atomic mass is 32.2. The van der Waals surface area contributed by atoms with Crippen molar-refractivity contribution < 1.29 is 17.9 Å². The van der Waals surface area contributed by atoms with Crippen LogP contribution in [0.15, 0.2) is 47.4 Å². The molecule has 1 fully saturated rings. The van der Waals surface area contributed by atoms with E-state index in [2.05, 4.69) is 5.32 Å². The number of hydrogen-bond donors (Lipinski definition) is 1. The van der Waals surface area contributed by atoms with Crippen LogP contribution in [0.4, 0.5) is 5.69 Å². The van der Waals surface area contributed by atoms with Gasteiger partial charge in [0.15, 0.2) is 6.10 Å². The normalized spacial score (nSPS) is 16.1. The molecule has 1 N–H and O–H groups in total. The smallest absolute Gasteiger partial charge is 0.265 e. The molecule has 0 aromatic heterocycles. The fourth-order valence-electron chi connectivity index (χ4n) is 3.46. The summed E-state index contributed by atoms with van der Waals surface area (Å²) in [6.45, 7) is 7.05. The second-order valence-corrected chi connectivity index (χ2v) is 9.68. The van der Waals surface area contributed by atoms with Crippen LogP contribution in [0.1, 0.15) is 43.7 Å². The monoisotopic (exact) mass is 430 g/mol. The highest BCUT2D eigenvalue weighted by Crippen LogP contribution is 2.23. The number of piperidine rings is 1. The summed E-state index contributed by atoms with van der Waals surface area (Å²) in [5.41, 5.74) is 2.81. The first-order chi connectivity index (χ1) is 14.3. The summed E-state index contributed by atoms with van der Waals surface area (Å²) in [6, 6.07) is 12.1. The third-order valence-electron chi connectivity index (χ3n) is 5.49. The molecule has 0 saturated carbocycles. The molecule has 2 aromatic carbocycles. The van der Waals surface area contributed by atoms with Crippen LogP contribution in [0.25, 0.3) is 0 Å². The molecule has 0 unspecified atom stereocenters. The predicted molar refractivity (Wildman–Crippen MR) is 118 cm³/mol. The summed E-state index contributed by atoms with van der Waals surface area (Å²) in [7, 11) is -3.48. The van der Waals surface area contributed by atoms with E-state index in [1.807, 2.05) is 39.0 Å². The Balaban J connectivity index is 1.66. The molecule has 0 bridgehead atoms. The number of nitrogens with zero attached hydrogens (tertiary/aromatic N) is 1. The number of benzene rings is 2. The number of carbonyl (C=O) groups is 1. The number of hydrogen-bond acceptors (Lipinski definition) is 4. The molecule has 0 aliphatic carbocycles. The lowest BCUT2D eigenvalue weighted by atomic mass is 10.1. The zero-order chi connectivity index (χ0) is 21.7. The molecule has 162 valence electrons. The second kappa shape index (κ2) is 9.62. The first-order valence-electron chi connectivity index (χ1n) is 10.5. The van der Waals surface area contributed by atoms with Crippen molar-refractivity contribution in [3.8, 4) is 5.75 Å². The Morgan fingerprint density at radius 1 is 1.03 bits per heavy atom. The fourth-order valence-corrected chi connectivity index (χ4v) is 4.98. The van der Waals surface area contributed by atoms with Crippen LogP contribution >= 0.6 is 0 Å². The topological polar surface area (TPSA) is 75.7 Å². The van der Waals surface area contributed by atoms with Gasteiger partial charge in [0.2, 0.25) is 10.0 Å². The summed E-state index contributed by atoms with van der Waals surface area (Å²) >= 11 is 0. The van der Waals surface area contributed by atoms with Gasteiger partial charge in [-0.15, -0.1) is 0 Å². The van der Waals surface area contributed by atoms with Gasteiger partial charge in [0.1, 0.15) is 5.75 Å². The Hall–Kier alpha value is -2.38. The molecule has 1 aliphatic rings. The quantitative estimate of drug-likeness (QED) is 0.712. The lowest BCUT2D eigenvalue weighted by Gasteiger charge is -2.26. The van der Waals surface area contributed by atoms with Crippen molar-refractivity contribution in [2.75, 3.05) is 18.4 Å². The van der Waals surface area contributed by atoms with E-state index in [9.17, 15) is 13.2 Å². The van der Waals surface area contributed by atoms with Gasteiger partial charge in [-0.2, -0.15) is 4.31 Å². The van der Waals surface area contributed by atoms with Gasteiger partial charge in [0.25, 0.3) is 5.91 Å². The number of sulfonamides is 1. The van der Waals surface area contributed by atoms with E-state index in [4.69, 9.17) is 4.74 Å². The maximum absolute atomic E-state index is 12.7. The van der Waals surface area contributed by atoms with E-state index < -0.39 is 16.1 Å². The summed E-state index contributed by atoms with van der Waals surface area (Å²) in [5, 5.41) is 2.83. The van der Waals surface area contributed by atoms with E-state index in [0.29, 0.717) is 30.9 Å². The maximum atomic E-state index is 12.7. The van der Waals surface area contributed by atoms with Gasteiger partial charge in [0.05, 0.1) is 4.90 Å². The number of ether oxygens (including phenoxy) is 1. The Labute approximate surface area is 179 Å². The maximum Gasteiger partial charge on any atom is 0.265 e. The summed E-state index contributed by atoms with van der Waals surface area (Å²) < 4.78 is 32.9. The van der Waals surface area contributed by atoms with Gasteiger partial charge in [-0.3, -0.25) is 4.79 Å². The number of aryl methyl sites for hydroxylation is 2. The first-order valence-corrected chi connectivity index (χ1v) is 11.9. The Bertz CT molecular complexity index is 981. The lowest BCUT2D eigenvalue weighted by molar-refractivity contribution is -0.122. The van der Waals surface area contributed by atoms with Gasteiger partial charge in [-0.1, -0.05) is 19.4 Å². The van der Waals surface area contributed by atoms with Crippen LogP contribution in [-0.2, 0) is 14.8 Å². The summed E-state index contributed by atoms with van der Waals surface area (Å²) in [5.74, 6) is 0.394. The van der Waals surface area contributed by atoms with Crippen LogP contribution < -0.4 is 10.1 Å². The fraction of sp³-hybridized carbons (Fsp3) is 0.435. The number of rotatable bonds is 7. The third kappa shape index (κ3) is 5.21. The van der Waals surface area contributed by atoms with Crippen molar-refractivity contribution in [1.29, 1.82) is 0 Å². The second-order valence-electron chi connectivity index (χ2n) is 7.74. The van der Waals surface area contributed by atoms with Crippen molar-refractivity contribution in [3.05, 3.63) is 53.6 Å². The van der Waals surface area contributed by atoms with Crippen molar-refractivity contribution in [2.45, 2.75) is 57.5 Å². The van der Waals surface area contributed by atoms with Crippen molar-refractivity contribution in [1.82, 2.24) is 4.31 Å². The van der Waals surface area contributed by atoms with Gasteiger partial charge in [-0.25, -0.2) is 8.42 Å². The van der Waals surface area contributed by atoms with E-state index in [0.717, 1.165) is 24.8 Å². The molecule has 0 spiro atoms. The van der Waals surface area contributed by atoms with E-state index >= 15 is 0 Å². The Morgan fingerprint density at radius 2 is 1.70 bits per heavy atom. The van der Waals surface area contributed by atoms with Gasteiger partial charge < -0.3 is 10.1 Å². The molecule has 2 aromatic rings. The SMILES string of the molecule is CC[C@H](Oc1ccc(C)c(C)c1)C(=O)Nc1ccc(S(=O)(=O)N2CCCCC2)cc1. The molecule has 1 aliphatic heterocycles. The predicted octanol–water partition coefficient (Wildman–Crippen LogP) is 4.27. The highest BCUT2D eigenvalue weighted by molar-refractivity contribution is 7.89. The van der Waals surface area contributed by atoms with Crippen molar-refractivity contribution >= 4 is 21.6 Å². The molecular weight excluding hydrogens is 400 g/mol. The van der Waals surface area contributed by atoms with Gasteiger partial charge >= 0.3 is 0 Å². The lowest BCUT2D eigenvalue weighted by Crippen LogP contribution is -2.35. The summed E-state index contributed by atoms with van der Waals surface area (Å²) in [6.07, 6.45) is 2.74. The van der Waals surface area contributed by atoms with Crippen molar-refractivity contribution in [3.63, 3.8) is 0 Å². The molecule has 30 heavy (non-hydrogen) atoms. The number of amides is 1. The zero-order valence-electron chi connectivity index (χ0n) is 17.8. The molecule has 1 saturated heterocycles. The minimum atomic E-state index is -3.48.